The molecule has 90 valence electrons. The average Bonchev–Trinajstić information content (AvgIpc) is 2.57. The summed E-state index contributed by atoms with van der Waals surface area (Å²) in [5.41, 5.74) is 0.0458. The second kappa shape index (κ2) is 3.80. The van der Waals surface area contributed by atoms with Crippen molar-refractivity contribution in [3.63, 3.8) is 0 Å². The molecule has 3 nitrogen and oxygen atoms in total. The molecule has 0 amide bonds. The summed E-state index contributed by atoms with van der Waals surface area (Å²) in [6.07, 6.45) is -1.51. The number of alkyl halides is 3. The third-order valence-corrected chi connectivity index (χ3v) is 2.36. The Balaban J connectivity index is 2.39. The summed E-state index contributed by atoms with van der Waals surface area (Å²) in [5, 5.41) is 11.4. The van der Waals surface area contributed by atoms with Crippen LogP contribution in [0.1, 0.15) is 5.56 Å². The summed E-state index contributed by atoms with van der Waals surface area (Å²) in [6.45, 7) is 0. The Kier molecular flexibility index (Phi) is 2.57. The van der Waals surface area contributed by atoms with Gasteiger partial charge in [-0.3, -0.25) is 0 Å². The number of aromatic nitrogens is 2. The molecule has 1 aromatic heterocycles. The molecule has 0 saturated carbocycles. The molecule has 0 atom stereocenters. The lowest BCUT2D eigenvalue weighted by atomic mass is 10.1. The highest BCUT2D eigenvalue weighted by atomic mass is 19.4. The van der Waals surface area contributed by atoms with E-state index in [0.717, 1.165) is 12.1 Å². The van der Waals surface area contributed by atoms with E-state index in [1.807, 2.05) is 0 Å². The molecule has 0 radical (unpaired) electrons. The van der Waals surface area contributed by atoms with Crippen LogP contribution in [0.5, 0.6) is 0 Å². The van der Waals surface area contributed by atoms with Gasteiger partial charge in [0.2, 0.25) is 6.33 Å². The van der Waals surface area contributed by atoms with Gasteiger partial charge in [-0.15, -0.1) is 0 Å². The van der Waals surface area contributed by atoms with E-state index in [0.29, 0.717) is 16.0 Å². The van der Waals surface area contributed by atoms with Crippen LogP contribution in [0.4, 0.5) is 13.2 Å². The Labute approximate surface area is 95.3 Å². The molecule has 0 aliphatic heterocycles. The zero-order valence-corrected chi connectivity index (χ0v) is 8.90. The van der Waals surface area contributed by atoms with E-state index < -0.39 is 11.7 Å². The minimum atomic E-state index is -4.36. The van der Waals surface area contributed by atoms with Gasteiger partial charge in [-0.2, -0.15) is 13.2 Å². The van der Waals surface area contributed by atoms with E-state index in [1.165, 1.54) is 18.5 Å². The fraction of sp³-hybridized carbons (Fsp3) is 0.182. The van der Waals surface area contributed by atoms with E-state index in [-0.39, 0.29) is 0 Å². The first-order valence-corrected chi connectivity index (χ1v) is 4.80. The number of nitrogens with zero attached hydrogens (tertiary/aromatic N) is 2. The van der Waals surface area contributed by atoms with E-state index in [1.54, 1.807) is 17.8 Å². The lowest BCUT2D eigenvalue weighted by Gasteiger charge is -2.07. The Hall–Kier alpha value is -1.98. The molecule has 1 heterocycles. The largest absolute Gasteiger partial charge is 0.710 e. The molecule has 2 rings (SSSR count). The topological polar surface area (TPSA) is 31.9 Å². The first-order chi connectivity index (χ1) is 7.88. The van der Waals surface area contributed by atoms with E-state index in [4.69, 9.17) is 0 Å². The number of hydrogen-bond donors (Lipinski definition) is 0. The molecule has 0 unspecified atom stereocenters. The summed E-state index contributed by atoms with van der Waals surface area (Å²) in [4.78, 5) is 0. The normalized spacial score (nSPS) is 11.8. The van der Waals surface area contributed by atoms with Gasteiger partial charge in [0.1, 0.15) is 6.20 Å². The van der Waals surface area contributed by atoms with Crippen molar-refractivity contribution in [2.45, 2.75) is 6.18 Å². The van der Waals surface area contributed by atoms with E-state index in [9.17, 15) is 18.4 Å². The fourth-order valence-electron chi connectivity index (χ4n) is 1.54. The van der Waals surface area contributed by atoms with Crippen molar-refractivity contribution in [3.05, 3.63) is 47.6 Å². The monoisotopic (exact) mass is 242 g/mol. The number of aryl methyl sites for hydroxylation is 1. The van der Waals surface area contributed by atoms with Gasteiger partial charge in [0.05, 0.1) is 12.6 Å². The summed E-state index contributed by atoms with van der Waals surface area (Å²) in [5.74, 6) is 0. The van der Waals surface area contributed by atoms with Crippen LogP contribution in [0.2, 0.25) is 0 Å². The summed E-state index contributed by atoms with van der Waals surface area (Å²) < 4.78 is 39.2. The quantitative estimate of drug-likeness (QED) is 0.558. The SMILES string of the molecule is Cn1cc(-c2ccc(C(F)(F)F)cc2)[n+]([O-])c1. The van der Waals surface area contributed by atoms with Gasteiger partial charge in [0.25, 0.3) is 0 Å². The number of halogens is 3. The van der Waals surface area contributed by atoms with E-state index >= 15 is 0 Å². The van der Waals surface area contributed by atoms with Crippen LogP contribution in [0, 0.1) is 5.21 Å². The molecule has 0 aliphatic carbocycles. The van der Waals surface area contributed by atoms with Crippen LogP contribution in [-0.2, 0) is 13.2 Å². The van der Waals surface area contributed by atoms with Crippen molar-refractivity contribution in [1.29, 1.82) is 0 Å². The first-order valence-electron chi connectivity index (χ1n) is 4.80. The van der Waals surface area contributed by atoms with Gasteiger partial charge in [0, 0.05) is 5.56 Å². The number of imidazole rings is 1. The van der Waals surface area contributed by atoms with Gasteiger partial charge in [-0.05, 0) is 24.3 Å². The maximum Gasteiger partial charge on any atom is 0.416 e. The molecular formula is C11H9F3N2O. The minimum absolute atomic E-state index is 0.321. The molecule has 0 aliphatic rings. The maximum absolute atomic E-state index is 12.3. The van der Waals surface area contributed by atoms with Gasteiger partial charge in [-0.1, -0.05) is 0 Å². The Bertz CT molecular complexity index is 529. The Morgan fingerprint density at radius 3 is 2.18 bits per heavy atom. The van der Waals surface area contributed by atoms with Crippen LogP contribution < -0.4 is 4.73 Å². The molecule has 0 bridgehead atoms. The minimum Gasteiger partial charge on any atom is -0.710 e. The number of hydrogen-bond acceptors (Lipinski definition) is 1. The zero-order valence-electron chi connectivity index (χ0n) is 8.90. The highest BCUT2D eigenvalue weighted by Crippen LogP contribution is 2.30. The van der Waals surface area contributed by atoms with Crippen molar-refractivity contribution >= 4 is 0 Å². The van der Waals surface area contributed by atoms with Crippen molar-refractivity contribution in [2.24, 2.45) is 7.05 Å². The zero-order chi connectivity index (χ0) is 12.6. The van der Waals surface area contributed by atoms with E-state index in [2.05, 4.69) is 0 Å². The van der Waals surface area contributed by atoms with Crippen LogP contribution in [0.25, 0.3) is 11.3 Å². The highest BCUT2D eigenvalue weighted by molar-refractivity contribution is 5.56. The third-order valence-electron chi connectivity index (χ3n) is 2.36. The second-order valence-electron chi connectivity index (χ2n) is 3.70. The van der Waals surface area contributed by atoms with Gasteiger partial charge in [0.15, 0.2) is 5.69 Å². The predicted molar refractivity (Wildman–Crippen MR) is 54.8 cm³/mol. The lowest BCUT2D eigenvalue weighted by molar-refractivity contribution is -0.593. The van der Waals surface area contributed by atoms with Gasteiger partial charge < -0.3 is 5.21 Å². The fourth-order valence-corrected chi connectivity index (χ4v) is 1.54. The highest BCUT2D eigenvalue weighted by Gasteiger charge is 2.30. The molecule has 0 fully saturated rings. The molecule has 6 heteroatoms. The van der Waals surface area contributed by atoms with Crippen molar-refractivity contribution in [2.75, 3.05) is 0 Å². The molecule has 17 heavy (non-hydrogen) atoms. The number of rotatable bonds is 1. The molecule has 0 saturated heterocycles. The summed E-state index contributed by atoms with van der Waals surface area (Å²) in [6, 6.07) is 4.49. The van der Waals surface area contributed by atoms with Crippen LogP contribution in [0.3, 0.4) is 0 Å². The van der Waals surface area contributed by atoms with Crippen LogP contribution >= 0.6 is 0 Å². The molecule has 0 spiro atoms. The maximum atomic E-state index is 12.3. The Morgan fingerprint density at radius 2 is 1.76 bits per heavy atom. The summed E-state index contributed by atoms with van der Waals surface area (Å²) >= 11 is 0. The average molecular weight is 242 g/mol. The standard InChI is InChI=1S/C11H9F3N2O/c1-15-6-10(16(17)7-15)8-2-4-9(5-3-8)11(12,13)14/h2-7H,1H3. The molecular weight excluding hydrogens is 233 g/mol. The van der Waals surface area contributed by atoms with Gasteiger partial charge >= 0.3 is 6.18 Å². The Morgan fingerprint density at radius 1 is 1.18 bits per heavy atom. The van der Waals surface area contributed by atoms with Crippen molar-refractivity contribution < 1.29 is 17.9 Å². The predicted octanol–water partition coefficient (Wildman–Crippen LogP) is 2.34. The van der Waals surface area contributed by atoms with Crippen molar-refractivity contribution in [1.82, 2.24) is 4.57 Å². The van der Waals surface area contributed by atoms with Crippen LogP contribution in [0.15, 0.2) is 36.8 Å². The van der Waals surface area contributed by atoms with Crippen molar-refractivity contribution in [3.8, 4) is 11.3 Å². The molecule has 2 aromatic rings. The summed E-state index contributed by atoms with van der Waals surface area (Å²) in [7, 11) is 1.67. The third kappa shape index (κ3) is 2.25. The molecule has 0 N–H and O–H groups in total. The van der Waals surface area contributed by atoms with Gasteiger partial charge in [-0.25, -0.2) is 9.30 Å². The second-order valence-corrected chi connectivity index (χ2v) is 3.70. The number of benzene rings is 1. The molecule has 1 aromatic carbocycles. The smallest absolute Gasteiger partial charge is 0.416 e. The lowest BCUT2D eigenvalue weighted by Crippen LogP contribution is -2.25. The first kappa shape index (κ1) is 11.5. The van der Waals surface area contributed by atoms with Crippen LogP contribution in [-0.4, -0.2) is 4.57 Å².